The van der Waals surface area contributed by atoms with Crippen LogP contribution in [0.2, 0.25) is 0 Å². The third-order valence-corrected chi connectivity index (χ3v) is 5.18. The normalized spacial score (nSPS) is 25.6. The van der Waals surface area contributed by atoms with Crippen LogP contribution in [0.25, 0.3) is 0 Å². The standard InChI is InChI=1S/C14H26N2O3S/c1-9(2)11-12(17)15-14(4,5)13(18)16(11)8-7-10(3)20(6)19/h9-11H,7-8H2,1-6H3,(H,15,17). The first-order chi connectivity index (χ1) is 9.08. The number of piperazine rings is 1. The van der Waals surface area contributed by atoms with Crippen molar-refractivity contribution in [2.75, 3.05) is 12.8 Å². The van der Waals surface area contributed by atoms with Crippen molar-refractivity contribution in [2.45, 2.75) is 57.9 Å². The number of rotatable bonds is 5. The molecule has 20 heavy (non-hydrogen) atoms. The monoisotopic (exact) mass is 302 g/mol. The van der Waals surface area contributed by atoms with Gasteiger partial charge in [-0.15, -0.1) is 0 Å². The summed E-state index contributed by atoms with van der Waals surface area (Å²) < 4.78 is 11.4. The van der Waals surface area contributed by atoms with Gasteiger partial charge >= 0.3 is 0 Å². The molecule has 1 aliphatic heterocycles. The van der Waals surface area contributed by atoms with Gasteiger partial charge in [0.05, 0.1) is 0 Å². The second-order valence-corrected chi connectivity index (χ2v) is 8.20. The number of hydrogen-bond acceptors (Lipinski definition) is 3. The fraction of sp³-hybridized carbons (Fsp3) is 0.857. The molecular formula is C14H26N2O3S. The summed E-state index contributed by atoms with van der Waals surface area (Å²) in [6, 6.07) is -0.437. The molecule has 0 bridgehead atoms. The van der Waals surface area contributed by atoms with Crippen molar-refractivity contribution in [3.63, 3.8) is 0 Å². The van der Waals surface area contributed by atoms with Crippen molar-refractivity contribution in [3.05, 3.63) is 0 Å². The molecular weight excluding hydrogens is 276 g/mol. The molecule has 0 radical (unpaired) electrons. The van der Waals surface area contributed by atoms with Crippen LogP contribution < -0.4 is 5.32 Å². The summed E-state index contributed by atoms with van der Waals surface area (Å²) in [4.78, 5) is 26.4. The van der Waals surface area contributed by atoms with Crippen molar-refractivity contribution in [1.82, 2.24) is 10.2 Å². The highest BCUT2D eigenvalue weighted by Gasteiger charge is 2.46. The van der Waals surface area contributed by atoms with E-state index in [1.54, 1.807) is 25.0 Å². The van der Waals surface area contributed by atoms with E-state index in [0.717, 1.165) is 0 Å². The van der Waals surface area contributed by atoms with E-state index in [2.05, 4.69) is 5.32 Å². The Hall–Kier alpha value is -0.910. The van der Waals surface area contributed by atoms with Crippen LogP contribution >= 0.6 is 0 Å². The van der Waals surface area contributed by atoms with E-state index in [-0.39, 0.29) is 23.0 Å². The number of amides is 2. The molecule has 1 fully saturated rings. The third-order valence-electron chi connectivity index (χ3n) is 3.81. The summed E-state index contributed by atoms with van der Waals surface area (Å²) in [5, 5.41) is 2.80. The first kappa shape index (κ1) is 17.1. The Morgan fingerprint density at radius 1 is 1.30 bits per heavy atom. The molecule has 0 aromatic rings. The Morgan fingerprint density at radius 2 is 1.85 bits per heavy atom. The van der Waals surface area contributed by atoms with Gasteiger partial charge in [0.2, 0.25) is 11.8 Å². The highest BCUT2D eigenvalue weighted by molar-refractivity contribution is 7.84. The molecule has 3 unspecified atom stereocenters. The maximum Gasteiger partial charge on any atom is 0.248 e. The minimum absolute atomic E-state index is 0.0173. The lowest BCUT2D eigenvalue weighted by Crippen LogP contribution is -2.69. The van der Waals surface area contributed by atoms with E-state index in [1.807, 2.05) is 20.8 Å². The quantitative estimate of drug-likeness (QED) is 0.821. The lowest BCUT2D eigenvalue weighted by Gasteiger charge is -2.44. The zero-order chi connectivity index (χ0) is 15.7. The van der Waals surface area contributed by atoms with Crippen LogP contribution in [0.1, 0.15) is 41.0 Å². The van der Waals surface area contributed by atoms with Crippen LogP contribution in [-0.2, 0) is 20.4 Å². The van der Waals surface area contributed by atoms with Crippen LogP contribution in [0, 0.1) is 5.92 Å². The first-order valence-electron chi connectivity index (χ1n) is 7.03. The van der Waals surface area contributed by atoms with Gasteiger partial charge in [-0.05, 0) is 26.2 Å². The number of carbonyl (C=O) groups is 2. The van der Waals surface area contributed by atoms with Gasteiger partial charge in [-0.25, -0.2) is 0 Å². The first-order valence-corrected chi connectivity index (χ1v) is 8.65. The molecule has 0 aromatic carbocycles. The summed E-state index contributed by atoms with van der Waals surface area (Å²) in [7, 11) is -0.914. The van der Waals surface area contributed by atoms with Gasteiger partial charge in [-0.3, -0.25) is 13.8 Å². The molecule has 116 valence electrons. The largest absolute Gasteiger partial charge is 0.340 e. The number of hydrogen-bond donors (Lipinski definition) is 1. The van der Waals surface area contributed by atoms with Crippen LogP contribution in [-0.4, -0.2) is 50.6 Å². The van der Waals surface area contributed by atoms with Crippen LogP contribution in [0.4, 0.5) is 0 Å². The molecule has 1 heterocycles. The van der Waals surface area contributed by atoms with Gasteiger partial charge in [0.1, 0.15) is 11.6 Å². The molecule has 0 spiro atoms. The average molecular weight is 302 g/mol. The Kier molecular flexibility index (Phi) is 5.35. The third kappa shape index (κ3) is 3.59. The number of nitrogens with zero attached hydrogens (tertiary/aromatic N) is 1. The van der Waals surface area contributed by atoms with Crippen molar-refractivity contribution in [2.24, 2.45) is 5.92 Å². The number of carbonyl (C=O) groups excluding carboxylic acids is 2. The lowest BCUT2D eigenvalue weighted by molar-refractivity contribution is -0.155. The van der Waals surface area contributed by atoms with Gasteiger partial charge in [0, 0.05) is 28.9 Å². The number of nitrogens with one attached hydrogen (secondary N) is 1. The molecule has 6 heteroatoms. The van der Waals surface area contributed by atoms with Crippen LogP contribution in [0.5, 0.6) is 0 Å². The molecule has 2 amide bonds. The SMILES string of the molecule is CC(C)C1C(=O)NC(C)(C)C(=O)N1CCC(C)S(C)=O. The molecule has 3 atom stereocenters. The fourth-order valence-corrected chi connectivity index (χ4v) is 2.89. The topological polar surface area (TPSA) is 66.5 Å². The zero-order valence-electron chi connectivity index (χ0n) is 13.2. The average Bonchev–Trinajstić information content (AvgIpc) is 2.29. The van der Waals surface area contributed by atoms with Crippen molar-refractivity contribution >= 4 is 22.6 Å². The molecule has 1 saturated heterocycles. The molecule has 0 saturated carbocycles. The van der Waals surface area contributed by atoms with Gasteiger partial charge in [0.25, 0.3) is 0 Å². The summed E-state index contributed by atoms with van der Waals surface area (Å²) in [5.41, 5.74) is -0.864. The Balaban J connectivity index is 2.92. The molecule has 1 aliphatic rings. The maximum absolute atomic E-state index is 12.5. The molecule has 1 rings (SSSR count). The van der Waals surface area contributed by atoms with E-state index < -0.39 is 22.4 Å². The van der Waals surface area contributed by atoms with Gasteiger partial charge in [-0.1, -0.05) is 20.8 Å². The summed E-state index contributed by atoms with van der Waals surface area (Å²) in [5.74, 6) is -0.114. The van der Waals surface area contributed by atoms with Crippen LogP contribution in [0.3, 0.4) is 0 Å². The molecule has 0 aliphatic carbocycles. The van der Waals surface area contributed by atoms with Crippen LogP contribution in [0.15, 0.2) is 0 Å². The molecule has 1 N–H and O–H groups in total. The highest BCUT2D eigenvalue weighted by atomic mass is 32.2. The minimum atomic E-state index is -0.914. The van der Waals surface area contributed by atoms with E-state index in [1.165, 1.54) is 0 Å². The zero-order valence-corrected chi connectivity index (χ0v) is 14.0. The predicted molar refractivity (Wildman–Crippen MR) is 80.7 cm³/mol. The smallest absolute Gasteiger partial charge is 0.248 e. The van der Waals surface area contributed by atoms with Crippen molar-refractivity contribution < 1.29 is 13.8 Å². The minimum Gasteiger partial charge on any atom is -0.340 e. The van der Waals surface area contributed by atoms with E-state index in [9.17, 15) is 13.8 Å². The molecule has 5 nitrogen and oxygen atoms in total. The van der Waals surface area contributed by atoms with Gasteiger partial charge in [-0.2, -0.15) is 0 Å². The van der Waals surface area contributed by atoms with E-state index in [4.69, 9.17) is 0 Å². The van der Waals surface area contributed by atoms with Gasteiger partial charge < -0.3 is 10.2 Å². The maximum atomic E-state index is 12.5. The van der Waals surface area contributed by atoms with Crippen molar-refractivity contribution in [1.29, 1.82) is 0 Å². The Labute approximate surface area is 123 Å². The second kappa shape index (κ2) is 6.24. The summed E-state index contributed by atoms with van der Waals surface area (Å²) >= 11 is 0. The highest BCUT2D eigenvalue weighted by Crippen LogP contribution is 2.23. The van der Waals surface area contributed by atoms with Crippen molar-refractivity contribution in [3.8, 4) is 0 Å². The summed E-state index contributed by atoms with van der Waals surface area (Å²) in [6.45, 7) is 9.68. The Morgan fingerprint density at radius 3 is 2.30 bits per heavy atom. The summed E-state index contributed by atoms with van der Waals surface area (Å²) in [6.07, 6.45) is 2.31. The lowest BCUT2D eigenvalue weighted by atomic mass is 9.91. The predicted octanol–water partition coefficient (Wildman–Crippen LogP) is 0.905. The molecule has 0 aromatic heterocycles. The Bertz CT molecular complexity index is 421. The van der Waals surface area contributed by atoms with Gasteiger partial charge in [0.15, 0.2) is 0 Å². The van der Waals surface area contributed by atoms with E-state index >= 15 is 0 Å². The fourth-order valence-electron chi connectivity index (χ4n) is 2.45. The van der Waals surface area contributed by atoms with E-state index in [0.29, 0.717) is 13.0 Å². The second-order valence-electron chi connectivity index (χ2n) is 6.40.